The summed E-state index contributed by atoms with van der Waals surface area (Å²) in [5.74, 6) is 0.351. The summed E-state index contributed by atoms with van der Waals surface area (Å²) < 4.78 is 5.68. The molecule has 0 unspecified atom stereocenters. The fourth-order valence-corrected chi connectivity index (χ4v) is 3.87. The van der Waals surface area contributed by atoms with Crippen LogP contribution in [0.15, 0.2) is 60.9 Å². The number of hydrogen-bond acceptors (Lipinski definition) is 5. The molecule has 0 radical (unpaired) electrons. The molecule has 5 nitrogen and oxygen atoms in total. The summed E-state index contributed by atoms with van der Waals surface area (Å²) in [5, 5.41) is 13.4. The van der Waals surface area contributed by atoms with Gasteiger partial charge in [0, 0.05) is 28.2 Å². The first-order valence-corrected chi connectivity index (χ1v) is 10.6. The minimum absolute atomic E-state index is 0.204. The number of nitrogens with zero attached hydrogens (tertiary/aromatic N) is 1. The van der Waals surface area contributed by atoms with Crippen molar-refractivity contribution in [3.8, 4) is 16.2 Å². The number of rotatable bonds is 8. The van der Waals surface area contributed by atoms with Gasteiger partial charge in [-0.2, -0.15) is 0 Å². The fraction of sp³-hybridized carbons (Fsp3) is 0.217. The number of hydrogen-bond donors (Lipinski definition) is 2. The molecule has 2 heterocycles. The molecule has 0 aliphatic carbocycles. The molecule has 0 atom stereocenters. The van der Waals surface area contributed by atoms with E-state index in [0.717, 1.165) is 20.9 Å². The van der Waals surface area contributed by atoms with Gasteiger partial charge in [-0.25, -0.2) is 0 Å². The van der Waals surface area contributed by atoms with E-state index in [1.165, 1.54) is 17.4 Å². The van der Waals surface area contributed by atoms with E-state index in [1.54, 1.807) is 32.3 Å². The average molecular weight is 443 g/mol. The van der Waals surface area contributed by atoms with Crippen LogP contribution in [0.4, 0.5) is 0 Å². The first-order chi connectivity index (χ1) is 14.3. The summed E-state index contributed by atoms with van der Waals surface area (Å²) in [6.07, 6.45) is 6.52. The van der Waals surface area contributed by atoms with Gasteiger partial charge in [0.1, 0.15) is 12.4 Å². The molecule has 2 aromatic heterocycles. The summed E-state index contributed by atoms with van der Waals surface area (Å²) in [7, 11) is 0. The van der Waals surface area contributed by atoms with Crippen molar-refractivity contribution >= 4 is 34.9 Å². The zero-order valence-corrected chi connectivity index (χ0v) is 18.3. The molecule has 0 fully saturated rings. The van der Waals surface area contributed by atoms with E-state index in [2.05, 4.69) is 10.3 Å². The maximum atomic E-state index is 11.9. The Labute approximate surface area is 185 Å². The Kier molecular flexibility index (Phi) is 7.26. The van der Waals surface area contributed by atoms with Gasteiger partial charge < -0.3 is 15.2 Å². The van der Waals surface area contributed by atoms with Crippen LogP contribution in [-0.4, -0.2) is 29.1 Å². The monoisotopic (exact) mass is 442 g/mol. The van der Waals surface area contributed by atoms with Crippen molar-refractivity contribution in [2.24, 2.45) is 0 Å². The van der Waals surface area contributed by atoms with Crippen molar-refractivity contribution < 1.29 is 14.6 Å². The van der Waals surface area contributed by atoms with Gasteiger partial charge in [0.2, 0.25) is 5.91 Å². The lowest BCUT2D eigenvalue weighted by molar-refractivity contribution is -0.116. The molecule has 156 valence electrons. The number of pyridine rings is 1. The van der Waals surface area contributed by atoms with Gasteiger partial charge in [0.05, 0.1) is 17.2 Å². The smallest absolute Gasteiger partial charge is 0.244 e. The third-order valence-electron chi connectivity index (χ3n) is 4.20. The highest BCUT2D eigenvalue weighted by Gasteiger charge is 2.19. The van der Waals surface area contributed by atoms with E-state index >= 15 is 0 Å². The van der Waals surface area contributed by atoms with Crippen LogP contribution in [0.25, 0.3) is 16.5 Å². The number of carbonyl (C=O) groups excluding carboxylic acids is 1. The molecule has 1 amide bonds. The van der Waals surface area contributed by atoms with Crippen LogP contribution < -0.4 is 10.1 Å². The van der Waals surface area contributed by atoms with Crippen molar-refractivity contribution in [1.82, 2.24) is 10.3 Å². The lowest BCUT2D eigenvalue weighted by atomic mass is 10.1. The Morgan fingerprint density at radius 3 is 2.80 bits per heavy atom. The first kappa shape index (κ1) is 22.0. The second-order valence-corrected chi connectivity index (χ2v) is 8.62. The lowest BCUT2D eigenvalue weighted by Crippen LogP contribution is -2.26. The number of aromatic nitrogens is 1. The van der Waals surface area contributed by atoms with Crippen LogP contribution in [0.1, 0.15) is 24.3 Å². The lowest BCUT2D eigenvalue weighted by Gasteiger charge is -2.14. The molecule has 30 heavy (non-hydrogen) atoms. The van der Waals surface area contributed by atoms with Crippen LogP contribution in [0, 0.1) is 0 Å². The summed E-state index contributed by atoms with van der Waals surface area (Å²) in [5.41, 5.74) is 0.950. The van der Waals surface area contributed by atoms with Crippen molar-refractivity contribution in [3.05, 3.63) is 76.4 Å². The summed E-state index contributed by atoms with van der Waals surface area (Å²) in [4.78, 5) is 17.8. The molecule has 0 spiro atoms. The highest BCUT2D eigenvalue weighted by molar-refractivity contribution is 7.15. The predicted octanol–water partition coefficient (Wildman–Crippen LogP) is 4.90. The second kappa shape index (κ2) is 9.89. The van der Waals surface area contributed by atoms with Crippen molar-refractivity contribution in [2.45, 2.75) is 19.4 Å². The summed E-state index contributed by atoms with van der Waals surface area (Å²) >= 11 is 7.89. The third kappa shape index (κ3) is 6.16. The number of ether oxygens (including phenoxy) is 1. The molecule has 7 heteroatoms. The van der Waals surface area contributed by atoms with Gasteiger partial charge in [0.15, 0.2) is 0 Å². The Bertz CT molecular complexity index is 1030. The molecule has 3 rings (SSSR count). The number of amides is 1. The van der Waals surface area contributed by atoms with Crippen LogP contribution in [0.3, 0.4) is 0 Å². The van der Waals surface area contributed by atoms with E-state index in [-0.39, 0.29) is 5.91 Å². The molecule has 0 aliphatic rings. The minimum Gasteiger partial charge on any atom is -0.490 e. The predicted molar refractivity (Wildman–Crippen MR) is 122 cm³/mol. The molecule has 0 aliphatic heterocycles. The SMILES string of the molecule is CC(C)(O)c1ccc(-c2ccc(OCCNC(=O)C=Cc3cccnc3)c(Cl)c2)s1. The van der Waals surface area contributed by atoms with E-state index in [4.69, 9.17) is 16.3 Å². The number of halogens is 1. The first-order valence-electron chi connectivity index (χ1n) is 9.44. The molecular weight excluding hydrogens is 420 g/mol. The van der Waals surface area contributed by atoms with E-state index in [9.17, 15) is 9.90 Å². The van der Waals surface area contributed by atoms with Crippen LogP contribution in [0.5, 0.6) is 5.75 Å². The Morgan fingerprint density at radius 2 is 2.13 bits per heavy atom. The van der Waals surface area contributed by atoms with E-state index in [1.807, 2.05) is 42.5 Å². The number of nitrogens with one attached hydrogen (secondary N) is 1. The zero-order valence-electron chi connectivity index (χ0n) is 16.8. The molecule has 2 N–H and O–H groups in total. The van der Waals surface area contributed by atoms with Crippen LogP contribution in [-0.2, 0) is 10.4 Å². The van der Waals surface area contributed by atoms with Gasteiger partial charge in [-0.05, 0) is 67.4 Å². The topological polar surface area (TPSA) is 71.5 Å². The number of aliphatic hydroxyl groups is 1. The van der Waals surface area contributed by atoms with Crippen molar-refractivity contribution in [2.75, 3.05) is 13.2 Å². The largest absolute Gasteiger partial charge is 0.490 e. The highest BCUT2D eigenvalue weighted by Crippen LogP contribution is 2.36. The molecule has 0 saturated carbocycles. The maximum Gasteiger partial charge on any atom is 0.244 e. The quantitative estimate of drug-likeness (QED) is 0.384. The minimum atomic E-state index is -0.868. The van der Waals surface area contributed by atoms with E-state index in [0.29, 0.717) is 23.9 Å². The summed E-state index contributed by atoms with van der Waals surface area (Å²) in [6, 6.07) is 13.1. The van der Waals surface area contributed by atoms with Crippen LogP contribution in [0.2, 0.25) is 5.02 Å². The number of carbonyl (C=O) groups is 1. The average Bonchev–Trinajstić information content (AvgIpc) is 3.22. The van der Waals surface area contributed by atoms with Crippen LogP contribution >= 0.6 is 22.9 Å². The van der Waals surface area contributed by atoms with Gasteiger partial charge in [0.25, 0.3) is 0 Å². The normalized spacial score (nSPS) is 11.6. The van der Waals surface area contributed by atoms with Crippen molar-refractivity contribution in [1.29, 1.82) is 0 Å². The molecule has 1 aromatic carbocycles. The Hall–Kier alpha value is -2.67. The molecule has 0 bridgehead atoms. The molecule has 0 saturated heterocycles. The van der Waals surface area contributed by atoms with Gasteiger partial charge in [-0.1, -0.05) is 17.7 Å². The summed E-state index contributed by atoms with van der Waals surface area (Å²) in [6.45, 7) is 4.18. The van der Waals surface area contributed by atoms with Gasteiger partial charge in [-0.3, -0.25) is 9.78 Å². The van der Waals surface area contributed by atoms with Crippen molar-refractivity contribution in [3.63, 3.8) is 0 Å². The standard InChI is InChI=1S/C23H23ClN2O3S/c1-23(2,28)21-9-8-20(30-21)17-6-7-19(18(24)14-17)29-13-12-26-22(27)10-5-16-4-3-11-25-15-16/h3-11,14-15,28H,12-13H2,1-2H3,(H,26,27). The molecule has 3 aromatic rings. The number of benzene rings is 1. The van der Waals surface area contributed by atoms with E-state index < -0.39 is 5.60 Å². The Balaban J connectivity index is 1.50. The fourth-order valence-electron chi connectivity index (χ4n) is 2.63. The zero-order chi connectivity index (χ0) is 21.6. The van der Waals surface area contributed by atoms with Gasteiger partial charge in [-0.15, -0.1) is 11.3 Å². The Morgan fingerprint density at radius 1 is 1.30 bits per heavy atom. The highest BCUT2D eigenvalue weighted by atomic mass is 35.5. The maximum absolute atomic E-state index is 11.9. The number of thiophene rings is 1. The third-order valence-corrected chi connectivity index (χ3v) is 5.94. The molecular formula is C23H23ClN2O3S. The van der Waals surface area contributed by atoms with Gasteiger partial charge >= 0.3 is 0 Å². The second-order valence-electron chi connectivity index (χ2n) is 7.13.